The summed E-state index contributed by atoms with van der Waals surface area (Å²) in [4.78, 5) is 66.7. The lowest BCUT2D eigenvalue weighted by Gasteiger charge is -2.31. The number of carbonyl (C=O) groups is 4. The highest BCUT2D eigenvalue weighted by Crippen LogP contribution is 2.35. The Morgan fingerprint density at radius 1 is 0.819 bits per heavy atom. The molecule has 0 radical (unpaired) electrons. The van der Waals surface area contributed by atoms with Gasteiger partial charge in [0.05, 0.1) is 69.9 Å². The molecule has 1 unspecified atom stereocenters. The highest BCUT2D eigenvalue weighted by atomic mass is 32.1. The predicted molar refractivity (Wildman–Crippen MR) is 323 cm³/mol. The summed E-state index contributed by atoms with van der Waals surface area (Å²) in [5, 5.41) is 19.4. The number of hydrogen-bond donors (Lipinski definition) is 3. The van der Waals surface area contributed by atoms with Crippen LogP contribution in [0.15, 0.2) is 121 Å². The second kappa shape index (κ2) is 37.0. The van der Waals surface area contributed by atoms with E-state index in [9.17, 15) is 19.2 Å². The van der Waals surface area contributed by atoms with E-state index in [0.29, 0.717) is 94.5 Å². The Balaban J connectivity index is 0.00000112. The minimum Gasteiger partial charge on any atom is -0.494 e. The van der Waals surface area contributed by atoms with E-state index in [1.54, 1.807) is 75.3 Å². The van der Waals surface area contributed by atoms with Gasteiger partial charge >= 0.3 is 6.03 Å². The number of piperazine rings is 1. The van der Waals surface area contributed by atoms with E-state index in [1.165, 1.54) is 11.3 Å². The van der Waals surface area contributed by atoms with Gasteiger partial charge in [0.25, 0.3) is 0 Å². The first kappa shape index (κ1) is 64.8. The molecular weight excluding hydrogens is 1080 g/mol. The molecule has 22 heteroatoms. The van der Waals surface area contributed by atoms with Gasteiger partial charge in [-0.1, -0.05) is 61.7 Å². The molecule has 0 spiro atoms. The monoisotopic (exact) mass is 1160 g/mol. The van der Waals surface area contributed by atoms with Crippen LogP contribution in [-0.2, 0) is 54.4 Å². The number of benzene rings is 2. The van der Waals surface area contributed by atoms with E-state index in [2.05, 4.69) is 73.3 Å². The quantitative estimate of drug-likeness (QED) is 0.0202. The van der Waals surface area contributed by atoms with Crippen LogP contribution in [0.1, 0.15) is 67.7 Å². The zero-order valence-electron chi connectivity index (χ0n) is 48.5. The maximum atomic E-state index is 13.8. The minimum absolute atomic E-state index is 0.00681. The summed E-state index contributed by atoms with van der Waals surface area (Å²) >= 11 is 1.40. The second-order valence-electron chi connectivity index (χ2n) is 20.0. The SMILES string of the molecule is C=C/C=C(\C=C)CNC(=O)C(c1ccccn1)N(C(=O)CCc1ccc(OCCCCN(C)CCOCCOCCc2cn(CCOCCOc3ccc(NC(=O)Nc4nc(CC)cs4)cc3)nn2)cc1)C1CC1.CN1CCN(C=O)CC1. The van der Waals surface area contributed by atoms with Crippen LogP contribution in [0.5, 0.6) is 11.5 Å². The number of unbranched alkanes of at least 4 members (excludes halogenated alkanes) is 1. The molecule has 3 N–H and O–H groups in total. The maximum absolute atomic E-state index is 13.8. The lowest BCUT2D eigenvalue weighted by molar-refractivity contribution is -0.141. The standard InChI is InChI=1S/C55H72N10O8S.C6H12N2O/c1-5-12-42(6-2)39-57-53(67)52(50-13-8-9-27-56-50)65(47-19-20-47)51(66)25-16-43-14-21-48(22-15-43)72-31-11-10-28-63(4)29-33-70-36-35-69-32-26-46-40-64(62-61-46)30-34-71-37-38-73-49-23-17-45(18-24-49)58-54(68)60-55-59-44(7-3)41-74-55;1-7-2-4-8(6-9)5-3-7/h5-6,8-9,12-15,17-18,21-24,27,40-41,47,52H,1-2,7,10-11,16,19-20,25-26,28-39H2,3-4H3,(H,57,67)(H2,58,59,60,68);6H,2-5H2,1H3/b42-12+;. The van der Waals surface area contributed by atoms with Gasteiger partial charge in [-0.2, -0.15) is 0 Å². The van der Waals surface area contributed by atoms with Crippen molar-refractivity contribution in [1.29, 1.82) is 0 Å². The van der Waals surface area contributed by atoms with Gasteiger partial charge in [-0.25, -0.2) is 14.5 Å². The average Bonchev–Trinajstić information content (AvgIpc) is 4.11. The van der Waals surface area contributed by atoms with Crippen LogP contribution in [0.2, 0.25) is 0 Å². The molecule has 1 saturated heterocycles. The van der Waals surface area contributed by atoms with Gasteiger partial charge in [0, 0.05) is 81.6 Å². The summed E-state index contributed by atoms with van der Waals surface area (Å²) in [6.07, 6.45) is 15.5. The fraction of sp³-hybridized carbons (Fsp3) is 0.475. The van der Waals surface area contributed by atoms with E-state index in [4.69, 9.17) is 23.7 Å². The van der Waals surface area contributed by atoms with Crippen molar-refractivity contribution in [2.75, 3.05) is 123 Å². The zero-order chi connectivity index (χ0) is 58.9. The minimum atomic E-state index is -0.824. The third-order valence-corrected chi connectivity index (χ3v) is 14.3. The Hall–Kier alpha value is -7.34. The van der Waals surface area contributed by atoms with Crippen LogP contribution in [0.4, 0.5) is 15.6 Å². The fourth-order valence-corrected chi connectivity index (χ4v) is 9.30. The van der Waals surface area contributed by atoms with Gasteiger partial charge in [-0.15, -0.1) is 16.4 Å². The third kappa shape index (κ3) is 24.6. The zero-order valence-corrected chi connectivity index (χ0v) is 49.4. The van der Waals surface area contributed by atoms with Crippen molar-refractivity contribution in [2.45, 2.75) is 76.9 Å². The Morgan fingerprint density at radius 3 is 2.23 bits per heavy atom. The van der Waals surface area contributed by atoms with Crippen LogP contribution in [0.3, 0.4) is 0 Å². The number of pyridine rings is 1. The Bertz CT molecular complexity index is 2730. The van der Waals surface area contributed by atoms with Crippen LogP contribution in [-0.4, -0.2) is 188 Å². The number of urea groups is 1. The first-order chi connectivity index (χ1) is 40.5. The highest BCUT2D eigenvalue weighted by Gasteiger charge is 2.41. The molecule has 1 aliphatic heterocycles. The van der Waals surface area contributed by atoms with E-state index in [0.717, 1.165) is 106 Å². The average molecular weight is 1160 g/mol. The summed E-state index contributed by atoms with van der Waals surface area (Å²) < 4.78 is 30.8. The Kier molecular flexibility index (Phi) is 28.9. The first-order valence-electron chi connectivity index (χ1n) is 28.6. The number of thiazole rings is 1. The number of anilines is 2. The molecule has 448 valence electrons. The molecule has 1 atom stereocenters. The van der Waals surface area contributed by atoms with Gasteiger partial charge in [0.2, 0.25) is 18.2 Å². The lowest BCUT2D eigenvalue weighted by atomic mass is 10.1. The molecule has 5 amide bonds. The number of carbonyl (C=O) groups excluding carboxylic acids is 4. The molecule has 0 bridgehead atoms. The van der Waals surface area contributed by atoms with Gasteiger partial charge in [0.1, 0.15) is 18.1 Å². The third-order valence-electron chi connectivity index (χ3n) is 13.5. The van der Waals surface area contributed by atoms with Crippen molar-refractivity contribution in [3.63, 3.8) is 0 Å². The summed E-state index contributed by atoms with van der Waals surface area (Å²) in [6.45, 7) is 20.1. The molecule has 2 aromatic carbocycles. The van der Waals surface area contributed by atoms with Crippen LogP contribution >= 0.6 is 11.3 Å². The smallest absolute Gasteiger partial charge is 0.325 e. The van der Waals surface area contributed by atoms with E-state index in [-0.39, 0.29) is 36.9 Å². The lowest BCUT2D eigenvalue weighted by Crippen LogP contribution is -2.45. The van der Waals surface area contributed by atoms with E-state index < -0.39 is 6.04 Å². The normalized spacial score (nSPS) is 13.8. The van der Waals surface area contributed by atoms with E-state index in [1.807, 2.05) is 48.8 Å². The number of aromatic nitrogens is 5. The highest BCUT2D eigenvalue weighted by molar-refractivity contribution is 7.13. The topological polar surface area (TPSA) is 220 Å². The van der Waals surface area contributed by atoms with Crippen LogP contribution < -0.4 is 25.4 Å². The van der Waals surface area contributed by atoms with Gasteiger partial charge in [-0.3, -0.25) is 24.7 Å². The molecule has 1 aliphatic carbocycles. The molecule has 1 saturated carbocycles. The Labute approximate surface area is 493 Å². The van der Waals surface area contributed by atoms with Crippen molar-refractivity contribution < 1.29 is 42.9 Å². The Morgan fingerprint density at radius 2 is 1.54 bits per heavy atom. The number of likely N-dealkylation sites (N-methyl/N-ethyl adjacent to an activating group) is 2. The molecule has 83 heavy (non-hydrogen) atoms. The predicted octanol–water partition coefficient (Wildman–Crippen LogP) is 7.27. The van der Waals surface area contributed by atoms with E-state index >= 15 is 0 Å². The number of nitrogens with zero attached hydrogens (tertiary/aromatic N) is 9. The number of ether oxygens (including phenoxy) is 5. The number of rotatable bonds is 37. The molecule has 5 aromatic rings. The van der Waals surface area contributed by atoms with Gasteiger partial charge < -0.3 is 53.9 Å². The summed E-state index contributed by atoms with van der Waals surface area (Å²) in [5.41, 5.74) is 4.84. The molecule has 4 heterocycles. The van der Waals surface area contributed by atoms with Crippen molar-refractivity contribution in [3.05, 3.63) is 144 Å². The van der Waals surface area contributed by atoms with Crippen LogP contribution in [0.25, 0.3) is 0 Å². The van der Waals surface area contributed by atoms with Crippen molar-refractivity contribution in [2.24, 2.45) is 0 Å². The fourth-order valence-electron chi connectivity index (χ4n) is 8.51. The number of allylic oxidation sites excluding steroid dienone is 2. The van der Waals surface area contributed by atoms with Gasteiger partial charge in [-0.05, 0) is 119 Å². The second-order valence-corrected chi connectivity index (χ2v) is 20.9. The number of aryl methyl sites for hydroxylation is 2. The molecule has 3 aromatic heterocycles. The molecule has 2 fully saturated rings. The molecular formula is C61H84N12O9S. The molecule has 2 aliphatic rings. The maximum Gasteiger partial charge on any atom is 0.325 e. The van der Waals surface area contributed by atoms with Crippen molar-refractivity contribution in [1.82, 2.24) is 49.9 Å². The number of nitrogens with one attached hydrogen (secondary N) is 3. The summed E-state index contributed by atoms with van der Waals surface area (Å²) in [5.74, 6) is 1.13. The van der Waals surface area contributed by atoms with Gasteiger partial charge in [0.15, 0.2) is 11.2 Å². The molecule has 7 rings (SSSR count). The largest absolute Gasteiger partial charge is 0.494 e. The van der Waals surface area contributed by atoms with Crippen molar-refractivity contribution in [3.8, 4) is 11.5 Å². The number of hydrogen-bond acceptors (Lipinski definition) is 16. The van der Waals surface area contributed by atoms with Crippen LogP contribution in [0, 0.1) is 0 Å². The number of amides is 5. The van der Waals surface area contributed by atoms with Crippen molar-refractivity contribution >= 4 is 46.4 Å². The summed E-state index contributed by atoms with van der Waals surface area (Å²) in [6, 6.07) is 19.3. The summed E-state index contributed by atoms with van der Waals surface area (Å²) in [7, 11) is 4.16. The first-order valence-corrected chi connectivity index (χ1v) is 29.5. The molecule has 21 nitrogen and oxygen atoms in total.